The molecule has 0 aliphatic heterocycles. The number of hydrogen-bond acceptors (Lipinski definition) is 5. The van der Waals surface area contributed by atoms with Gasteiger partial charge in [0.2, 0.25) is 10.0 Å². The maximum absolute atomic E-state index is 11.9. The third kappa shape index (κ3) is 4.51. The molecule has 0 amide bonds. The van der Waals surface area contributed by atoms with Crippen LogP contribution in [0.5, 0.6) is 0 Å². The van der Waals surface area contributed by atoms with Gasteiger partial charge in [-0.2, -0.15) is 0 Å². The molecule has 102 valence electrons. The fraction of sp³-hybridized carbons (Fsp3) is 0.500. The zero-order valence-electron chi connectivity index (χ0n) is 10.1. The van der Waals surface area contributed by atoms with Crippen LogP contribution in [0, 0.1) is 0 Å². The fourth-order valence-electron chi connectivity index (χ4n) is 1.23. The van der Waals surface area contributed by atoms with Crippen molar-refractivity contribution in [1.82, 2.24) is 9.71 Å². The van der Waals surface area contributed by atoms with Gasteiger partial charge < -0.3 is 9.47 Å². The average molecular weight is 295 g/mol. The minimum atomic E-state index is -3.62. The molecule has 1 heterocycles. The van der Waals surface area contributed by atoms with Gasteiger partial charge in [-0.25, -0.2) is 18.1 Å². The van der Waals surface area contributed by atoms with Crippen molar-refractivity contribution in [1.29, 1.82) is 0 Å². The van der Waals surface area contributed by atoms with Gasteiger partial charge in [-0.3, -0.25) is 0 Å². The first-order chi connectivity index (χ1) is 8.49. The van der Waals surface area contributed by atoms with Crippen molar-refractivity contribution in [2.24, 2.45) is 0 Å². The fourth-order valence-corrected chi connectivity index (χ4v) is 2.55. The van der Waals surface area contributed by atoms with Crippen LogP contribution in [0.4, 0.5) is 0 Å². The summed E-state index contributed by atoms with van der Waals surface area (Å²) in [7, 11) is -0.612. The van der Waals surface area contributed by atoms with E-state index in [-0.39, 0.29) is 22.7 Å². The summed E-state index contributed by atoms with van der Waals surface area (Å²) >= 11 is 5.64. The lowest BCUT2D eigenvalue weighted by Gasteiger charge is -2.15. The first-order valence-corrected chi connectivity index (χ1v) is 6.98. The second-order valence-corrected chi connectivity index (χ2v) is 5.63. The van der Waals surface area contributed by atoms with Gasteiger partial charge in [-0.1, -0.05) is 11.6 Å². The molecule has 0 aromatic carbocycles. The maximum atomic E-state index is 11.9. The number of sulfonamides is 1. The number of nitrogens with zero attached hydrogens (tertiary/aromatic N) is 1. The zero-order chi connectivity index (χ0) is 13.6. The minimum absolute atomic E-state index is 0.0646. The number of rotatable bonds is 7. The van der Waals surface area contributed by atoms with Gasteiger partial charge >= 0.3 is 0 Å². The van der Waals surface area contributed by atoms with Crippen molar-refractivity contribution in [2.45, 2.75) is 11.0 Å². The highest BCUT2D eigenvalue weighted by atomic mass is 35.5. The SMILES string of the molecule is COCC(CNS(=O)(=O)c1ccnc(Cl)c1)OC. The Morgan fingerprint density at radius 1 is 1.50 bits per heavy atom. The topological polar surface area (TPSA) is 77.5 Å². The molecule has 1 atom stereocenters. The Morgan fingerprint density at radius 2 is 2.22 bits per heavy atom. The molecule has 0 spiro atoms. The van der Waals surface area contributed by atoms with Gasteiger partial charge in [0, 0.05) is 27.0 Å². The van der Waals surface area contributed by atoms with E-state index in [1.54, 1.807) is 0 Å². The van der Waals surface area contributed by atoms with E-state index in [1.165, 1.54) is 32.5 Å². The summed E-state index contributed by atoms with van der Waals surface area (Å²) in [5, 5.41) is 0.123. The van der Waals surface area contributed by atoms with E-state index < -0.39 is 10.0 Å². The van der Waals surface area contributed by atoms with E-state index in [4.69, 9.17) is 21.1 Å². The van der Waals surface area contributed by atoms with Crippen LogP contribution in [0.15, 0.2) is 23.2 Å². The average Bonchev–Trinajstić information content (AvgIpc) is 2.34. The molecule has 0 saturated heterocycles. The molecule has 1 N–H and O–H groups in total. The lowest BCUT2D eigenvalue weighted by Crippen LogP contribution is -2.35. The molecule has 0 radical (unpaired) electrons. The Morgan fingerprint density at radius 3 is 2.78 bits per heavy atom. The van der Waals surface area contributed by atoms with Crippen molar-refractivity contribution in [3.63, 3.8) is 0 Å². The van der Waals surface area contributed by atoms with E-state index in [9.17, 15) is 8.42 Å². The Balaban J connectivity index is 2.70. The number of ether oxygens (including phenoxy) is 2. The van der Waals surface area contributed by atoms with Gasteiger partial charge in [0.15, 0.2) is 0 Å². The molecule has 1 aromatic rings. The molecule has 1 aromatic heterocycles. The number of pyridine rings is 1. The molecule has 8 heteroatoms. The molecule has 0 bridgehead atoms. The third-order valence-corrected chi connectivity index (χ3v) is 3.82. The first-order valence-electron chi connectivity index (χ1n) is 5.12. The summed E-state index contributed by atoms with van der Waals surface area (Å²) in [5.41, 5.74) is 0. The molecule has 0 aliphatic carbocycles. The molecule has 18 heavy (non-hydrogen) atoms. The first kappa shape index (κ1) is 15.3. The summed E-state index contributed by atoms with van der Waals surface area (Å²) in [6, 6.07) is 2.65. The Kier molecular flexibility index (Phi) is 5.97. The number of halogens is 1. The number of methoxy groups -OCH3 is 2. The largest absolute Gasteiger partial charge is 0.382 e. The standard InChI is InChI=1S/C10H15ClN2O4S/c1-16-7-8(17-2)6-13-18(14,15)9-3-4-12-10(11)5-9/h3-5,8,13H,6-7H2,1-2H3. The number of nitrogens with one attached hydrogen (secondary N) is 1. The summed E-state index contributed by atoms with van der Waals surface area (Å²) < 4.78 is 36.2. The van der Waals surface area contributed by atoms with Crippen molar-refractivity contribution < 1.29 is 17.9 Å². The molecule has 0 aliphatic rings. The van der Waals surface area contributed by atoms with Crippen LogP contribution in [0.1, 0.15) is 0 Å². The molecule has 0 saturated carbocycles. The Hall–Kier alpha value is -0.730. The van der Waals surface area contributed by atoms with E-state index in [0.29, 0.717) is 6.61 Å². The molecule has 1 rings (SSSR count). The maximum Gasteiger partial charge on any atom is 0.240 e. The van der Waals surface area contributed by atoms with Gasteiger partial charge in [0.25, 0.3) is 0 Å². The predicted molar refractivity (Wildman–Crippen MR) is 67.1 cm³/mol. The molecular formula is C10H15ClN2O4S. The minimum Gasteiger partial charge on any atom is -0.382 e. The van der Waals surface area contributed by atoms with Crippen LogP contribution in [0.3, 0.4) is 0 Å². The van der Waals surface area contributed by atoms with Crippen molar-refractivity contribution in [3.8, 4) is 0 Å². The number of hydrogen-bond donors (Lipinski definition) is 1. The highest BCUT2D eigenvalue weighted by Crippen LogP contribution is 2.12. The highest BCUT2D eigenvalue weighted by Gasteiger charge is 2.17. The van der Waals surface area contributed by atoms with Crippen LogP contribution >= 0.6 is 11.6 Å². The van der Waals surface area contributed by atoms with Crippen LogP contribution in [0.25, 0.3) is 0 Å². The summed E-state index contributed by atoms with van der Waals surface area (Å²) in [5.74, 6) is 0. The van der Waals surface area contributed by atoms with Crippen LogP contribution in [-0.2, 0) is 19.5 Å². The van der Waals surface area contributed by atoms with Crippen molar-refractivity contribution >= 4 is 21.6 Å². The van der Waals surface area contributed by atoms with E-state index in [2.05, 4.69) is 9.71 Å². The second kappa shape index (κ2) is 7.01. The Bertz CT molecular complexity index is 481. The van der Waals surface area contributed by atoms with Crippen molar-refractivity contribution in [3.05, 3.63) is 23.5 Å². The summed E-state index contributed by atoms with van der Waals surface area (Å²) in [6.45, 7) is 0.419. The molecule has 0 fully saturated rings. The third-order valence-electron chi connectivity index (χ3n) is 2.20. The molecule has 1 unspecified atom stereocenters. The van der Waals surface area contributed by atoms with Crippen LogP contribution < -0.4 is 4.72 Å². The zero-order valence-corrected chi connectivity index (χ0v) is 11.7. The van der Waals surface area contributed by atoms with Crippen molar-refractivity contribution in [2.75, 3.05) is 27.4 Å². The monoisotopic (exact) mass is 294 g/mol. The van der Waals surface area contributed by atoms with Gasteiger partial charge in [0.1, 0.15) is 5.15 Å². The smallest absolute Gasteiger partial charge is 0.240 e. The lowest BCUT2D eigenvalue weighted by molar-refractivity contribution is 0.0320. The van der Waals surface area contributed by atoms with Crippen LogP contribution in [-0.4, -0.2) is 46.9 Å². The molecule has 6 nitrogen and oxygen atoms in total. The summed E-state index contributed by atoms with van der Waals surface area (Å²) in [4.78, 5) is 3.79. The van der Waals surface area contributed by atoms with Gasteiger partial charge in [-0.05, 0) is 12.1 Å². The predicted octanol–water partition coefficient (Wildman–Crippen LogP) is 0.675. The quantitative estimate of drug-likeness (QED) is 0.748. The van der Waals surface area contributed by atoms with E-state index >= 15 is 0 Å². The lowest BCUT2D eigenvalue weighted by atomic mass is 10.4. The van der Waals surface area contributed by atoms with E-state index in [1.807, 2.05) is 0 Å². The Labute approximate surface area is 111 Å². The highest BCUT2D eigenvalue weighted by molar-refractivity contribution is 7.89. The van der Waals surface area contributed by atoms with Gasteiger partial charge in [-0.15, -0.1) is 0 Å². The van der Waals surface area contributed by atoms with Gasteiger partial charge in [0.05, 0.1) is 17.6 Å². The number of aromatic nitrogens is 1. The summed E-state index contributed by atoms with van der Waals surface area (Å²) in [6.07, 6.45) is 0.988. The normalized spacial score (nSPS) is 13.5. The second-order valence-electron chi connectivity index (χ2n) is 3.48. The van der Waals surface area contributed by atoms with E-state index in [0.717, 1.165) is 0 Å². The molecular weight excluding hydrogens is 280 g/mol. The van der Waals surface area contributed by atoms with Crippen LogP contribution in [0.2, 0.25) is 5.15 Å².